The van der Waals surface area contributed by atoms with Gasteiger partial charge in [0.15, 0.2) is 11.5 Å². The van der Waals surface area contributed by atoms with E-state index in [1.165, 1.54) is 17.7 Å². The second kappa shape index (κ2) is 8.43. The Morgan fingerprint density at radius 3 is 2.61 bits per heavy atom. The summed E-state index contributed by atoms with van der Waals surface area (Å²) in [5, 5.41) is 0.874. The number of hydrogen-bond acceptors (Lipinski definition) is 8. The number of rotatable bonds is 7. The first-order valence-electron chi connectivity index (χ1n) is 8.83. The Hall–Kier alpha value is -2.87. The van der Waals surface area contributed by atoms with Gasteiger partial charge in [0.05, 0.1) is 26.2 Å². The fourth-order valence-electron chi connectivity index (χ4n) is 3.06. The third kappa shape index (κ3) is 3.73. The molecular formula is C20H23N3O4S. The van der Waals surface area contributed by atoms with Crippen molar-refractivity contribution in [3.05, 3.63) is 40.5 Å². The van der Waals surface area contributed by atoms with Gasteiger partial charge in [-0.15, -0.1) is 11.3 Å². The molecule has 0 fully saturated rings. The van der Waals surface area contributed by atoms with Gasteiger partial charge in [-0.25, -0.2) is 14.8 Å². The number of methoxy groups -OCH3 is 2. The van der Waals surface area contributed by atoms with Gasteiger partial charge in [0, 0.05) is 13.6 Å². The third-order valence-corrected chi connectivity index (χ3v) is 5.58. The number of hydrogen-bond donors (Lipinski definition) is 0. The van der Waals surface area contributed by atoms with Crippen LogP contribution in [0.2, 0.25) is 0 Å². The number of thiophene rings is 1. The fraction of sp³-hybridized carbons (Fsp3) is 0.350. The number of benzene rings is 1. The van der Waals surface area contributed by atoms with Gasteiger partial charge in [-0.3, -0.25) is 0 Å². The first kappa shape index (κ1) is 19.9. The highest BCUT2D eigenvalue weighted by atomic mass is 32.1. The van der Waals surface area contributed by atoms with E-state index in [2.05, 4.69) is 9.97 Å². The van der Waals surface area contributed by atoms with Crippen molar-refractivity contribution in [2.75, 3.05) is 32.8 Å². The van der Waals surface area contributed by atoms with Gasteiger partial charge in [-0.05, 0) is 37.1 Å². The monoisotopic (exact) mass is 401 g/mol. The maximum Gasteiger partial charge on any atom is 0.348 e. The van der Waals surface area contributed by atoms with E-state index in [0.29, 0.717) is 29.5 Å². The Labute approximate surface area is 167 Å². The van der Waals surface area contributed by atoms with Crippen LogP contribution >= 0.6 is 11.3 Å². The molecule has 0 bridgehead atoms. The number of anilines is 1. The SMILES string of the molecule is CCOC(=O)c1sc2ncnc(N(C)Cc3ccc(OC)c(OC)c3)c2c1C. The van der Waals surface area contributed by atoms with E-state index in [0.717, 1.165) is 27.2 Å². The summed E-state index contributed by atoms with van der Waals surface area (Å²) in [6.45, 7) is 4.64. The topological polar surface area (TPSA) is 73.8 Å². The zero-order valence-corrected chi connectivity index (χ0v) is 17.4. The smallest absolute Gasteiger partial charge is 0.348 e. The average molecular weight is 401 g/mol. The van der Waals surface area contributed by atoms with Crippen molar-refractivity contribution < 1.29 is 19.0 Å². The summed E-state index contributed by atoms with van der Waals surface area (Å²) < 4.78 is 15.9. The molecule has 0 aliphatic heterocycles. The first-order chi connectivity index (χ1) is 13.5. The molecule has 0 amide bonds. The van der Waals surface area contributed by atoms with Crippen LogP contribution in [0.25, 0.3) is 10.2 Å². The van der Waals surface area contributed by atoms with Crippen molar-refractivity contribution in [1.82, 2.24) is 9.97 Å². The second-order valence-electron chi connectivity index (χ2n) is 6.20. The van der Waals surface area contributed by atoms with Crippen molar-refractivity contribution in [1.29, 1.82) is 0 Å². The Morgan fingerprint density at radius 1 is 1.18 bits per heavy atom. The minimum Gasteiger partial charge on any atom is -0.493 e. The molecule has 0 radical (unpaired) electrons. The van der Waals surface area contributed by atoms with E-state index in [1.807, 2.05) is 37.1 Å². The quantitative estimate of drug-likeness (QED) is 0.557. The van der Waals surface area contributed by atoms with E-state index in [-0.39, 0.29) is 5.97 Å². The van der Waals surface area contributed by atoms with E-state index >= 15 is 0 Å². The van der Waals surface area contributed by atoms with Crippen LogP contribution in [-0.4, -0.2) is 43.8 Å². The van der Waals surface area contributed by atoms with Gasteiger partial charge in [0.1, 0.15) is 21.9 Å². The Balaban J connectivity index is 1.96. The zero-order chi connectivity index (χ0) is 20.3. The number of carbonyl (C=O) groups is 1. The van der Waals surface area contributed by atoms with E-state index in [4.69, 9.17) is 14.2 Å². The molecular weight excluding hydrogens is 378 g/mol. The maximum absolute atomic E-state index is 12.2. The summed E-state index contributed by atoms with van der Waals surface area (Å²) in [4.78, 5) is 24.4. The van der Waals surface area contributed by atoms with Crippen molar-refractivity contribution in [2.24, 2.45) is 0 Å². The second-order valence-corrected chi connectivity index (χ2v) is 7.20. The van der Waals surface area contributed by atoms with Crippen LogP contribution in [0.1, 0.15) is 27.7 Å². The van der Waals surface area contributed by atoms with Crippen molar-refractivity contribution in [2.45, 2.75) is 20.4 Å². The summed E-state index contributed by atoms with van der Waals surface area (Å²) in [6.07, 6.45) is 1.52. The van der Waals surface area contributed by atoms with Crippen molar-refractivity contribution in [3.8, 4) is 11.5 Å². The van der Waals surface area contributed by atoms with Crippen LogP contribution in [-0.2, 0) is 11.3 Å². The minimum absolute atomic E-state index is 0.323. The molecule has 0 aliphatic carbocycles. The lowest BCUT2D eigenvalue weighted by atomic mass is 10.1. The van der Waals surface area contributed by atoms with Crippen LogP contribution in [0.4, 0.5) is 5.82 Å². The molecule has 7 nitrogen and oxygen atoms in total. The molecule has 1 aromatic carbocycles. The van der Waals surface area contributed by atoms with E-state index in [1.54, 1.807) is 21.1 Å². The lowest BCUT2D eigenvalue weighted by molar-refractivity contribution is 0.0531. The van der Waals surface area contributed by atoms with Crippen LogP contribution in [0.5, 0.6) is 11.5 Å². The highest BCUT2D eigenvalue weighted by molar-refractivity contribution is 7.20. The fourth-order valence-corrected chi connectivity index (χ4v) is 4.10. The van der Waals surface area contributed by atoms with Gasteiger partial charge in [-0.1, -0.05) is 6.07 Å². The summed E-state index contributed by atoms with van der Waals surface area (Å²) in [7, 11) is 5.19. The molecule has 2 aromatic heterocycles. The molecule has 3 aromatic rings. The van der Waals surface area contributed by atoms with Crippen LogP contribution in [0.15, 0.2) is 24.5 Å². The summed E-state index contributed by atoms with van der Waals surface area (Å²) in [6, 6.07) is 5.81. The van der Waals surface area contributed by atoms with Crippen molar-refractivity contribution >= 4 is 33.3 Å². The third-order valence-electron chi connectivity index (χ3n) is 4.40. The molecule has 0 unspecified atom stereocenters. The summed E-state index contributed by atoms with van der Waals surface area (Å²) in [5.74, 6) is 1.81. The molecule has 148 valence electrons. The predicted octanol–water partition coefficient (Wildman–Crippen LogP) is 3.83. The highest BCUT2D eigenvalue weighted by Crippen LogP contribution is 2.35. The van der Waals surface area contributed by atoms with Crippen molar-refractivity contribution in [3.63, 3.8) is 0 Å². The molecule has 0 saturated carbocycles. The van der Waals surface area contributed by atoms with Gasteiger partial charge in [-0.2, -0.15) is 0 Å². The largest absolute Gasteiger partial charge is 0.493 e. The van der Waals surface area contributed by atoms with Gasteiger partial charge < -0.3 is 19.1 Å². The lowest BCUT2D eigenvalue weighted by Crippen LogP contribution is -2.18. The molecule has 0 atom stereocenters. The summed E-state index contributed by atoms with van der Waals surface area (Å²) in [5.41, 5.74) is 1.89. The number of aromatic nitrogens is 2. The van der Waals surface area contributed by atoms with Gasteiger partial charge in [0.25, 0.3) is 0 Å². The van der Waals surface area contributed by atoms with Crippen LogP contribution < -0.4 is 14.4 Å². The molecule has 0 aliphatic rings. The van der Waals surface area contributed by atoms with Crippen LogP contribution in [0, 0.1) is 6.92 Å². The number of ether oxygens (including phenoxy) is 3. The Bertz CT molecular complexity index is 1000. The molecule has 0 spiro atoms. The number of nitrogens with zero attached hydrogens (tertiary/aromatic N) is 3. The average Bonchev–Trinajstić information content (AvgIpc) is 3.05. The Kier molecular flexibility index (Phi) is 5.99. The van der Waals surface area contributed by atoms with Gasteiger partial charge >= 0.3 is 5.97 Å². The molecule has 8 heteroatoms. The number of aryl methyl sites for hydroxylation is 1. The number of fused-ring (bicyclic) bond motifs is 1. The Morgan fingerprint density at radius 2 is 1.93 bits per heavy atom. The first-order valence-corrected chi connectivity index (χ1v) is 9.65. The van der Waals surface area contributed by atoms with E-state index < -0.39 is 0 Å². The predicted molar refractivity (Wildman–Crippen MR) is 110 cm³/mol. The molecule has 2 heterocycles. The van der Waals surface area contributed by atoms with E-state index in [9.17, 15) is 4.79 Å². The number of esters is 1. The molecule has 0 N–H and O–H groups in total. The highest BCUT2D eigenvalue weighted by Gasteiger charge is 2.21. The molecule has 28 heavy (non-hydrogen) atoms. The van der Waals surface area contributed by atoms with Gasteiger partial charge in [0.2, 0.25) is 0 Å². The maximum atomic E-state index is 12.2. The molecule has 0 saturated heterocycles. The lowest BCUT2D eigenvalue weighted by Gasteiger charge is -2.20. The molecule has 3 rings (SSSR count). The zero-order valence-electron chi connectivity index (χ0n) is 16.6. The summed E-state index contributed by atoms with van der Waals surface area (Å²) >= 11 is 1.33. The standard InChI is InChI=1S/C20H23N3O4S/c1-6-27-20(24)17-12(2)16-18(21-11-22-19(16)28-17)23(3)10-13-7-8-14(25-4)15(9-13)26-5/h7-9,11H,6,10H2,1-5H3. The number of carbonyl (C=O) groups excluding carboxylic acids is 1. The normalized spacial score (nSPS) is 10.8. The minimum atomic E-state index is -0.323. The van der Waals surface area contributed by atoms with Crippen LogP contribution in [0.3, 0.4) is 0 Å².